The molecular weight excluding hydrogens is 381 g/mol. The fourth-order valence-electron chi connectivity index (χ4n) is 1.76. The van der Waals surface area contributed by atoms with Crippen LogP contribution in [0.2, 0.25) is 0 Å². The van der Waals surface area contributed by atoms with Crippen molar-refractivity contribution in [2.24, 2.45) is 0 Å². The van der Waals surface area contributed by atoms with Gasteiger partial charge < -0.3 is 10.6 Å². The maximum atomic E-state index is 12.0. The SMILES string of the molecule is CN(CC(=O)Nc1ccccc1I)CC(=O)NC(C)(C)C. The molecule has 0 saturated carbocycles. The molecule has 0 heterocycles. The zero-order valence-electron chi connectivity index (χ0n) is 12.9. The zero-order valence-corrected chi connectivity index (χ0v) is 15.0. The Morgan fingerprint density at radius 3 is 2.29 bits per heavy atom. The van der Waals surface area contributed by atoms with Crippen LogP contribution >= 0.6 is 22.6 Å². The minimum absolute atomic E-state index is 0.0907. The van der Waals surface area contributed by atoms with Gasteiger partial charge in [-0.15, -0.1) is 0 Å². The number of anilines is 1. The van der Waals surface area contributed by atoms with Gasteiger partial charge in [-0.2, -0.15) is 0 Å². The molecule has 116 valence electrons. The van der Waals surface area contributed by atoms with Crippen LogP contribution < -0.4 is 10.6 Å². The van der Waals surface area contributed by atoms with E-state index in [1.54, 1.807) is 11.9 Å². The molecule has 2 amide bonds. The van der Waals surface area contributed by atoms with Gasteiger partial charge in [0.2, 0.25) is 11.8 Å². The molecule has 0 aliphatic heterocycles. The molecule has 1 rings (SSSR count). The second-order valence-electron chi connectivity index (χ2n) is 6.00. The highest BCUT2D eigenvalue weighted by Gasteiger charge is 2.16. The van der Waals surface area contributed by atoms with Crippen molar-refractivity contribution in [3.63, 3.8) is 0 Å². The summed E-state index contributed by atoms with van der Waals surface area (Å²) in [5.41, 5.74) is 0.524. The maximum Gasteiger partial charge on any atom is 0.238 e. The molecule has 0 aromatic heterocycles. The highest BCUT2D eigenvalue weighted by Crippen LogP contribution is 2.16. The summed E-state index contributed by atoms with van der Waals surface area (Å²) >= 11 is 2.17. The van der Waals surface area contributed by atoms with Crippen LogP contribution in [0.25, 0.3) is 0 Å². The van der Waals surface area contributed by atoms with Crippen molar-refractivity contribution >= 4 is 40.1 Å². The van der Waals surface area contributed by atoms with E-state index < -0.39 is 0 Å². The van der Waals surface area contributed by atoms with Gasteiger partial charge in [0, 0.05) is 9.11 Å². The van der Waals surface area contributed by atoms with E-state index in [1.807, 2.05) is 45.0 Å². The summed E-state index contributed by atoms with van der Waals surface area (Å²) in [6.07, 6.45) is 0. The van der Waals surface area contributed by atoms with Crippen LogP contribution in [0, 0.1) is 3.57 Å². The minimum Gasteiger partial charge on any atom is -0.350 e. The topological polar surface area (TPSA) is 61.4 Å². The van der Waals surface area contributed by atoms with Gasteiger partial charge in [-0.3, -0.25) is 14.5 Å². The van der Waals surface area contributed by atoms with E-state index in [-0.39, 0.29) is 30.4 Å². The molecule has 0 saturated heterocycles. The van der Waals surface area contributed by atoms with Crippen molar-refractivity contribution in [1.29, 1.82) is 0 Å². The van der Waals surface area contributed by atoms with Crippen molar-refractivity contribution < 1.29 is 9.59 Å². The van der Waals surface area contributed by atoms with E-state index in [4.69, 9.17) is 0 Å². The highest BCUT2D eigenvalue weighted by molar-refractivity contribution is 14.1. The van der Waals surface area contributed by atoms with E-state index in [1.165, 1.54) is 0 Å². The highest BCUT2D eigenvalue weighted by atomic mass is 127. The Labute approximate surface area is 139 Å². The Hall–Kier alpha value is -1.15. The summed E-state index contributed by atoms with van der Waals surface area (Å²) in [5.74, 6) is -0.225. The number of halogens is 1. The second kappa shape index (κ2) is 7.74. The average Bonchev–Trinajstić information content (AvgIpc) is 2.28. The Balaban J connectivity index is 2.44. The number of carbonyl (C=O) groups excluding carboxylic acids is 2. The molecule has 1 aromatic rings. The molecule has 2 N–H and O–H groups in total. The molecular formula is C15H22IN3O2. The van der Waals surface area contributed by atoms with Gasteiger partial charge in [-0.1, -0.05) is 12.1 Å². The van der Waals surface area contributed by atoms with Gasteiger partial charge in [-0.25, -0.2) is 0 Å². The van der Waals surface area contributed by atoms with Gasteiger partial charge in [0.25, 0.3) is 0 Å². The van der Waals surface area contributed by atoms with Gasteiger partial charge in [0.1, 0.15) is 0 Å². The van der Waals surface area contributed by atoms with E-state index in [9.17, 15) is 9.59 Å². The first-order valence-electron chi connectivity index (χ1n) is 6.71. The normalized spacial score (nSPS) is 11.3. The van der Waals surface area contributed by atoms with Crippen molar-refractivity contribution in [3.8, 4) is 0 Å². The molecule has 0 unspecified atom stereocenters. The molecule has 1 aromatic carbocycles. The lowest BCUT2D eigenvalue weighted by atomic mass is 10.1. The second-order valence-corrected chi connectivity index (χ2v) is 7.16. The first-order valence-corrected chi connectivity index (χ1v) is 7.79. The predicted octanol–water partition coefficient (Wildman–Crippen LogP) is 2.08. The van der Waals surface area contributed by atoms with E-state index in [0.29, 0.717) is 0 Å². The van der Waals surface area contributed by atoms with Crippen LogP contribution in [0.3, 0.4) is 0 Å². The lowest BCUT2D eigenvalue weighted by molar-refractivity contribution is -0.124. The Bertz CT molecular complexity index is 512. The third-order valence-electron chi connectivity index (χ3n) is 2.49. The summed E-state index contributed by atoms with van der Waals surface area (Å²) in [7, 11) is 1.75. The average molecular weight is 403 g/mol. The van der Waals surface area contributed by atoms with Crippen molar-refractivity contribution in [1.82, 2.24) is 10.2 Å². The Morgan fingerprint density at radius 1 is 1.14 bits per heavy atom. The van der Waals surface area contributed by atoms with Crippen LogP contribution in [0.5, 0.6) is 0 Å². The number of hydrogen-bond acceptors (Lipinski definition) is 3. The number of benzene rings is 1. The van der Waals surface area contributed by atoms with E-state index in [2.05, 4.69) is 33.2 Å². The van der Waals surface area contributed by atoms with Crippen LogP contribution in [-0.4, -0.2) is 42.4 Å². The minimum atomic E-state index is -0.264. The molecule has 5 nitrogen and oxygen atoms in total. The van der Waals surface area contributed by atoms with E-state index in [0.717, 1.165) is 9.26 Å². The summed E-state index contributed by atoms with van der Waals surface area (Å²) in [5, 5.41) is 5.71. The lowest BCUT2D eigenvalue weighted by Crippen LogP contribution is -2.46. The predicted molar refractivity (Wildman–Crippen MR) is 93.2 cm³/mol. The largest absolute Gasteiger partial charge is 0.350 e. The van der Waals surface area contributed by atoms with Crippen LogP contribution in [0.1, 0.15) is 20.8 Å². The van der Waals surface area contributed by atoms with Crippen molar-refractivity contribution in [2.75, 3.05) is 25.5 Å². The molecule has 0 aliphatic rings. The number of hydrogen-bond donors (Lipinski definition) is 2. The fourth-order valence-corrected chi connectivity index (χ4v) is 2.28. The third kappa shape index (κ3) is 7.42. The number of carbonyl (C=O) groups is 2. The number of amides is 2. The number of rotatable bonds is 5. The first-order chi connectivity index (χ1) is 9.67. The molecule has 21 heavy (non-hydrogen) atoms. The smallest absolute Gasteiger partial charge is 0.238 e. The Kier molecular flexibility index (Phi) is 6.60. The molecule has 0 fully saturated rings. The van der Waals surface area contributed by atoms with Crippen molar-refractivity contribution in [3.05, 3.63) is 27.8 Å². The summed E-state index contributed by atoms with van der Waals surface area (Å²) in [6, 6.07) is 7.57. The first kappa shape index (κ1) is 17.9. The monoisotopic (exact) mass is 403 g/mol. The molecule has 0 spiro atoms. The number of nitrogens with zero attached hydrogens (tertiary/aromatic N) is 1. The van der Waals surface area contributed by atoms with Gasteiger partial charge in [0.05, 0.1) is 18.8 Å². The molecule has 6 heteroatoms. The van der Waals surface area contributed by atoms with Gasteiger partial charge in [-0.05, 0) is 62.5 Å². The third-order valence-corrected chi connectivity index (χ3v) is 3.43. The quantitative estimate of drug-likeness (QED) is 0.741. The van der Waals surface area contributed by atoms with Crippen LogP contribution in [0.4, 0.5) is 5.69 Å². The molecule has 0 bridgehead atoms. The molecule has 0 radical (unpaired) electrons. The number of likely N-dealkylation sites (N-methyl/N-ethyl adjacent to an activating group) is 1. The van der Waals surface area contributed by atoms with E-state index >= 15 is 0 Å². The standard InChI is InChI=1S/C15H22IN3O2/c1-15(2,3)18-14(21)10-19(4)9-13(20)17-12-8-6-5-7-11(12)16/h5-8H,9-10H2,1-4H3,(H,17,20)(H,18,21). The molecule has 0 atom stereocenters. The zero-order chi connectivity index (χ0) is 16.0. The summed E-state index contributed by atoms with van der Waals surface area (Å²) in [4.78, 5) is 25.4. The van der Waals surface area contributed by atoms with Gasteiger partial charge in [0.15, 0.2) is 0 Å². The Morgan fingerprint density at radius 2 is 1.71 bits per heavy atom. The molecule has 0 aliphatic carbocycles. The lowest BCUT2D eigenvalue weighted by Gasteiger charge is -2.23. The maximum absolute atomic E-state index is 12.0. The van der Waals surface area contributed by atoms with Gasteiger partial charge >= 0.3 is 0 Å². The van der Waals surface area contributed by atoms with Crippen LogP contribution in [0.15, 0.2) is 24.3 Å². The summed E-state index contributed by atoms with van der Waals surface area (Å²) < 4.78 is 0.983. The van der Waals surface area contributed by atoms with Crippen LogP contribution in [-0.2, 0) is 9.59 Å². The number of nitrogens with one attached hydrogen (secondary N) is 2. The summed E-state index contributed by atoms with van der Waals surface area (Å²) in [6.45, 7) is 6.14. The fraction of sp³-hybridized carbons (Fsp3) is 0.467. The number of para-hydroxylation sites is 1. The van der Waals surface area contributed by atoms with Crippen molar-refractivity contribution in [2.45, 2.75) is 26.3 Å².